The van der Waals surface area contributed by atoms with E-state index in [1.165, 1.54) is 16.8 Å². The summed E-state index contributed by atoms with van der Waals surface area (Å²) >= 11 is 1.78. The molecule has 0 amide bonds. The van der Waals surface area contributed by atoms with Gasteiger partial charge in [0, 0.05) is 24.5 Å². The van der Waals surface area contributed by atoms with E-state index in [0.29, 0.717) is 17.9 Å². The molecule has 154 valence electrons. The van der Waals surface area contributed by atoms with Gasteiger partial charge in [0.2, 0.25) is 0 Å². The normalized spacial score (nSPS) is 19.0. The van der Waals surface area contributed by atoms with E-state index in [9.17, 15) is 4.79 Å². The zero-order valence-corrected chi connectivity index (χ0v) is 18.2. The number of esters is 1. The first-order chi connectivity index (χ1) is 14.5. The number of carbonyl (C=O) groups excluding carboxylic acids is 1. The summed E-state index contributed by atoms with van der Waals surface area (Å²) in [6.07, 6.45) is 3.64. The number of aliphatic imine (C=N–C) groups is 2. The fraction of sp³-hybridized carbons (Fsp3) is 0.333. The smallest absolute Gasteiger partial charge is 0.337 e. The number of nitrogens with zero attached hydrogens (tertiary/aromatic N) is 3. The van der Waals surface area contributed by atoms with Crippen LogP contribution in [-0.2, 0) is 11.2 Å². The number of para-hydroxylation sites is 1. The number of carbonyl (C=O) groups is 1. The van der Waals surface area contributed by atoms with Crippen molar-refractivity contribution in [1.29, 1.82) is 0 Å². The summed E-state index contributed by atoms with van der Waals surface area (Å²) in [6.45, 7) is 4.24. The molecule has 1 fully saturated rings. The zero-order chi connectivity index (χ0) is 21.1. The minimum atomic E-state index is -0.323. The zero-order valence-electron chi connectivity index (χ0n) is 17.4. The second-order valence-corrected chi connectivity index (χ2v) is 8.84. The summed E-state index contributed by atoms with van der Waals surface area (Å²) in [5, 5.41) is 1.18. The van der Waals surface area contributed by atoms with Gasteiger partial charge in [-0.1, -0.05) is 38.1 Å². The molecule has 2 unspecified atom stereocenters. The number of thiazole rings is 1. The summed E-state index contributed by atoms with van der Waals surface area (Å²) in [5.41, 5.74) is 2.72. The van der Waals surface area contributed by atoms with E-state index >= 15 is 0 Å². The van der Waals surface area contributed by atoms with Gasteiger partial charge in [-0.15, -0.1) is 11.3 Å². The molecular formula is C24H25N3O2S. The van der Waals surface area contributed by atoms with E-state index in [1.54, 1.807) is 23.5 Å². The summed E-state index contributed by atoms with van der Waals surface area (Å²) in [5.74, 6) is 1.24. The standard InChI is InChI=1S/C24H25N3O2S/c1-15(2)22(25-13-12-16-8-10-17(11-9-16)24(28)29-3)26-20-14-18(20)23-27-19-6-4-5-7-21(19)30-23/h4-11,13,15,18,20H,12,14H2,1-3H3. The highest BCUT2D eigenvalue weighted by atomic mass is 32.1. The molecule has 30 heavy (non-hydrogen) atoms. The molecule has 0 N–H and O–H groups in total. The van der Waals surface area contributed by atoms with E-state index in [1.807, 2.05) is 24.4 Å². The predicted molar refractivity (Wildman–Crippen MR) is 123 cm³/mol. The molecule has 1 aliphatic rings. The topological polar surface area (TPSA) is 63.9 Å². The fourth-order valence-electron chi connectivity index (χ4n) is 3.28. The summed E-state index contributed by atoms with van der Waals surface area (Å²) in [7, 11) is 1.39. The molecule has 2 atom stereocenters. The summed E-state index contributed by atoms with van der Waals surface area (Å²) in [6, 6.07) is 16.0. The molecule has 0 spiro atoms. The molecule has 6 heteroatoms. The van der Waals surface area contributed by atoms with Gasteiger partial charge in [0.05, 0.1) is 33.9 Å². The second-order valence-electron chi connectivity index (χ2n) is 7.78. The van der Waals surface area contributed by atoms with Crippen molar-refractivity contribution in [1.82, 2.24) is 4.98 Å². The van der Waals surface area contributed by atoms with Crippen LogP contribution in [0.1, 0.15) is 47.1 Å². The number of methoxy groups -OCH3 is 1. The van der Waals surface area contributed by atoms with Crippen LogP contribution in [0, 0.1) is 5.92 Å². The van der Waals surface area contributed by atoms with Crippen molar-refractivity contribution < 1.29 is 9.53 Å². The lowest BCUT2D eigenvalue weighted by Gasteiger charge is -2.05. The molecule has 1 aromatic heterocycles. The van der Waals surface area contributed by atoms with Gasteiger partial charge in [0.15, 0.2) is 0 Å². The molecule has 2 aromatic carbocycles. The van der Waals surface area contributed by atoms with Crippen molar-refractivity contribution >= 4 is 39.6 Å². The Morgan fingerprint density at radius 1 is 1.23 bits per heavy atom. The SMILES string of the molecule is COC(=O)c1ccc(CC=NC(=NC2CC2c2nc3ccccc3s2)C(C)C)cc1. The molecule has 1 saturated carbocycles. The van der Waals surface area contributed by atoms with Crippen LogP contribution < -0.4 is 0 Å². The van der Waals surface area contributed by atoms with E-state index in [-0.39, 0.29) is 17.9 Å². The molecule has 0 saturated heterocycles. The van der Waals surface area contributed by atoms with Crippen LogP contribution in [0.5, 0.6) is 0 Å². The second kappa shape index (κ2) is 8.88. The van der Waals surface area contributed by atoms with E-state index in [2.05, 4.69) is 37.0 Å². The van der Waals surface area contributed by atoms with Crippen molar-refractivity contribution in [2.24, 2.45) is 15.9 Å². The maximum Gasteiger partial charge on any atom is 0.337 e. The lowest BCUT2D eigenvalue weighted by Crippen LogP contribution is -2.07. The highest BCUT2D eigenvalue weighted by Gasteiger charge is 2.41. The highest BCUT2D eigenvalue weighted by Crippen LogP contribution is 2.46. The van der Waals surface area contributed by atoms with E-state index in [0.717, 1.165) is 23.3 Å². The molecule has 0 radical (unpaired) electrons. The number of hydrogen-bond donors (Lipinski definition) is 0. The molecule has 0 bridgehead atoms. The first-order valence-corrected chi connectivity index (χ1v) is 11.0. The van der Waals surface area contributed by atoms with Crippen LogP contribution in [0.15, 0.2) is 58.5 Å². The van der Waals surface area contributed by atoms with Gasteiger partial charge >= 0.3 is 5.97 Å². The average Bonchev–Trinajstić information content (AvgIpc) is 3.39. The molecule has 0 aliphatic heterocycles. The van der Waals surface area contributed by atoms with Crippen LogP contribution in [0.3, 0.4) is 0 Å². The first-order valence-electron chi connectivity index (χ1n) is 10.2. The molecule has 5 nitrogen and oxygen atoms in total. The summed E-state index contributed by atoms with van der Waals surface area (Å²) < 4.78 is 5.97. The number of fused-ring (bicyclic) bond motifs is 1. The van der Waals surface area contributed by atoms with Gasteiger partial charge < -0.3 is 4.74 Å². The molecule has 3 aromatic rings. The van der Waals surface area contributed by atoms with Crippen molar-refractivity contribution in [3.63, 3.8) is 0 Å². The Morgan fingerprint density at radius 2 is 2.00 bits per heavy atom. The van der Waals surface area contributed by atoms with Gasteiger partial charge in [-0.25, -0.2) is 14.8 Å². The van der Waals surface area contributed by atoms with Crippen molar-refractivity contribution in [2.45, 2.75) is 38.6 Å². The Kier molecular flexibility index (Phi) is 6.04. The third-order valence-corrected chi connectivity index (χ3v) is 6.29. The Bertz CT molecular complexity index is 1070. The lowest BCUT2D eigenvalue weighted by atomic mass is 10.1. The van der Waals surface area contributed by atoms with Gasteiger partial charge in [-0.05, 0) is 36.2 Å². The van der Waals surface area contributed by atoms with Crippen LogP contribution in [0.4, 0.5) is 0 Å². The number of ether oxygens (including phenoxy) is 1. The van der Waals surface area contributed by atoms with Gasteiger partial charge in [0.1, 0.15) is 5.84 Å². The Hall–Kier alpha value is -2.86. The highest BCUT2D eigenvalue weighted by molar-refractivity contribution is 7.18. The largest absolute Gasteiger partial charge is 0.465 e. The van der Waals surface area contributed by atoms with Gasteiger partial charge in [0.25, 0.3) is 0 Å². The van der Waals surface area contributed by atoms with Crippen LogP contribution in [0.25, 0.3) is 10.2 Å². The number of rotatable bonds is 6. The first kappa shape index (κ1) is 20.4. The number of amidine groups is 1. The quantitative estimate of drug-likeness (QED) is 0.309. The van der Waals surface area contributed by atoms with Gasteiger partial charge in [-0.2, -0.15) is 0 Å². The van der Waals surface area contributed by atoms with Crippen molar-refractivity contribution in [3.05, 3.63) is 64.7 Å². The van der Waals surface area contributed by atoms with Gasteiger partial charge in [-0.3, -0.25) is 4.99 Å². The Balaban J connectivity index is 1.40. The lowest BCUT2D eigenvalue weighted by molar-refractivity contribution is 0.0600. The Labute approximate surface area is 180 Å². The number of aromatic nitrogens is 1. The van der Waals surface area contributed by atoms with Crippen molar-refractivity contribution in [3.8, 4) is 0 Å². The van der Waals surface area contributed by atoms with E-state index < -0.39 is 0 Å². The van der Waals surface area contributed by atoms with Crippen molar-refractivity contribution in [2.75, 3.05) is 7.11 Å². The average molecular weight is 420 g/mol. The maximum absolute atomic E-state index is 11.5. The maximum atomic E-state index is 11.5. The Morgan fingerprint density at radius 3 is 2.70 bits per heavy atom. The van der Waals surface area contributed by atoms with Crippen LogP contribution >= 0.6 is 11.3 Å². The van der Waals surface area contributed by atoms with Crippen LogP contribution in [-0.4, -0.2) is 36.2 Å². The number of benzene rings is 2. The third kappa shape index (κ3) is 4.65. The molecule has 1 aliphatic carbocycles. The molecule has 1 heterocycles. The summed E-state index contributed by atoms with van der Waals surface area (Å²) in [4.78, 5) is 25.9. The third-order valence-electron chi connectivity index (χ3n) is 5.12. The predicted octanol–water partition coefficient (Wildman–Crippen LogP) is 5.31. The van der Waals surface area contributed by atoms with Crippen LogP contribution in [0.2, 0.25) is 0 Å². The monoisotopic (exact) mass is 419 g/mol. The molecular weight excluding hydrogens is 394 g/mol. The minimum absolute atomic E-state index is 0.263. The number of hydrogen-bond acceptors (Lipinski definition) is 5. The minimum Gasteiger partial charge on any atom is -0.465 e. The van der Waals surface area contributed by atoms with E-state index in [4.69, 9.17) is 14.7 Å². The fourth-order valence-corrected chi connectivity index (χ4v) is 4.42. The molecule has 4 rings (SSSR count).